The third-order valence-corrected chi connectivity index (χ3v) is 4.75. The Morgan fingerprint density at radius 2 is 1.89 bits per heavy atom. The first kappa shape index (κ1) is 24.0. The first-order chi connectivity index (χ1) is 13.3. The lowest BCUT2D eigenvalue weighted by Gasteiger charge is -2.28. The van der Waals surface area contributed by atoms with Crippen LogP contribution in [-0.2, 0) is 14.3 Å². The Bertz CT molecular complexity index is 646. The van der Waals surface area contributed by atoms with Gasteiger partial charge in [-0.05, 0) is 51.8 Å². The summed E-state index contributed by atoms with van der Waals surface area (Å²) in [5, 5.41) is 2.88. The van der Waals surface area contributed by atoms with E-state index >= 15 is 0 Å². The molecule has 0 radical (unpaired) electrons. The number of esters is 1. The topological polar surface area (TPSA) is 73.9 Å². The van der Waals surface area contributed by atoms with Gasteiger partial charge >= 0.3 is 5.97 Å². The number of anilines is 1. The molecule has 1 rings (SSSR count). The molecule has 0 heterocycles. The normalized spacial score (nSPS) is 14.1. The summed E-state index contributed by atoms with van der Waals surface area (Å²) in [6.07, 6.45) is 4.44. The van der Waals surface area contributed by atoms with Crippen molar-refractivity contribution < 1.29 is 23.8 Å². The minimum absolute atomic E-state index is 0.0383. The molecule has 0 aliphatic rings. The Hall–Kier alpha value is -2.08. The molecule has 2 unspecified atom stereocenters. The smallest absolute Gasteiger partial charge is 0.341 e. The number of hydrogen-bond donors (Lipinski definition) is 1. The molecule has 1 N–H and O–H groups in total. The van der Waals surface area contributed by atoms with Crippen LogP contribution in [0.5, 0.6) is 5.75 Å². The largest absolute Gasteiger partial charge is 0.490 e. The molecule has 0 saturated carbocycles. The van der Waals surface area contributed by atoms with Gasteiger partial charge in [-0.25, -0.2) is 4.79 Å². The molecule has 0 aromatic heterocycles. The van der Waals surface area contributed by atoms with Gasteiger partial charge in [0.15, 0.2) is 0 Å². The van der Waals surface area contributed by atoms with Crippen molar-refractivity contribution in [3.05, 3.63) is 23.8 Å². The maximum atomic E-state index is 12.9. The third kappa shape index (κ3) is 6.82. The average molecular weight is 394 g/mol. The van der Waals surface area contributed by atoms with Crippen LogP contribution in [0.1, 0.15) is 77.1 Å². The van der Waals surface area contributed by atoms with Gasteiger partial charge in [0, 0.05) is 12.3 Å². The first-order valence-electron chi connectivity index (χ1n) is 10.2. The maximum Gasteiger partial charge on any atom is 0.341 e. The second kappa shape index (κ2) is 11.7. The van der Waals surface area contributed by atoms with Gasteiger partial charge in [-0.1, -0.05) is 33.1 Å². The van der Waals surface area contributed by atoms with Crippen molar-refractivity contribution in [2.24, 2.45) is 0 Å². The molecule has 2 atom stereocenters. The molecule has 1 aromatic rings. The lowest BCUT2D eigenvalue weighted by Crippen LogP contribution is -2.42. The lowest BCUT2D eigenvalue weighted by atomic mass is 9.96. The van der Waals surface area contributed by atoms with E-state index in [-0.39, 0.29) is 17.6 Å². The van der Waals surface area contributed by atoms with E-state index in [0.29, 0.717) is 24.5 Å². The molecule has 0 aliphatic heterocycles. The molecular formula is C22H35NO5. The van der Waals surface area contributed by atoms with Crippen LogP contribution in [0.3, 0.4) is 0 Å². The molecule has 0 saturated heterocycles. The van der Waals surface area contributed by atoms with Crippen molar-refractivity contribution >= 4 is 17.6 Å². The number of hydrogen-bond acceptors (Lipinski definition) is 5. The van der Waals surface area contributed by atoms with E-state index in [2.05, 4.69) is 12.2 Å². The van der Waals surface area contributed by atoms with Crippen molar-refractivity contribution in [1.29, 1.82) is 0 Å². The summed E-state index contributed by atoms with van der Waals surface area (Å²) >= 11 is 0. The van der Waals surface area contributed by atoms with E-state index in [1.807, 2.05) is 27.7 Å². The Balaban J connectivity index is 3.05. The second-order valence-corrected chi connectivity index (χ2v) is 7.11. The summed E-state index contributed by atoms with van der Waals surface area (Å²) in [6, 6.07) is 4.99. The van der Waals surface area contributed by atoms with E-state index in [1.54, 1.807) is 18.2 Å². The molecule has 0 aliphatic carbocycles. The van der Waals surface area contributed by atoms with Gasteiger partial charge in [0.05, 0.1) is 13.2 Å². The van der Waals surface area contributed by atoms with Crippen LogP contribution in [0.15, 0.2) is 18.2 Å². The predicted octanol–water partition coefficient (Wildman–Crippen LogP) is 4.96. The van der Waals surface area contributed by atoms with E-state index < -0.39 is 11.6 Å². The molecule has 6 heteroatoms. The zero-order chi connectivity index (χ0) is 21.2. The van der Waals surface area contributed by atoms with Gasteiger partial charge in [-0.2, -0.15) is 0 Å². The zero-order valence-electron chi connectivity index (χ0n) is 18.1. The summed E-state index contributed by atoms with van der Waals surface area (Å²) in [5.41, 5.74) is -0.130. The van der Waals surface area contributed by atoms with Crippen LogP contribution < -0.4 is 10.1 Å². The number of rotatable bonds is 12. The summed E-state index contributed by atoms with van der Waals surface area (Å²) in [4.78, 5) is 25.1. The van der Waals surface area contributed by atoms with Crippen molar-refractivity contribution in [3.63, 3.8) is 0 Å². The molecular weight excluding hydrogens is 358 g/mol. The highest BCUT2D eigenvalue weighted by molar-refractivity contribution is 5.99. The molecule has 0 spiro atoms. The molecule has 1 aromatic carbocycles. The van der Waals surface area contributed by atoms with Crippen LogP contribution >= 0.6 is 0 Å². The van der Waals surface area contributed by atoms with Crippen LogP contribution in [0.4, 0.5) is 5.69 Å². The predicted molar refractivity (Wildman–Crippen MR) is 111 cm³/mol. The highest BCUT2D eigenvalue weighted by Gasteiger charge is 2.33. The zero-order valence-corrected chi connectivity index (χ0v) is 18.1. The second-order valence-electron chi connectivity index (χ2n) is 7.11. The van der Waals surface area contributed by atoms with E-state index in [4.69, 9.17) is 14.2 Å². The molecule has 158 valence electrons. The van der Waals surface area contributed by atoms with E-state index in [1.165, 1.54) is 7.11 Å². The van der Waals surface area contributed by atoms with Crippen molar-refractivity contribution in [3.8, 4) is 5.75 Å². The SMILES string of the molecule is CCCCCC(C)(OCC)C(=O)Nc1ccc(OC(C)CC)c(C(=O)OC)c1. The fraction of sp³-hybridized carbons (Fsp3) is 0.636. The fourth-order valence-electron chi connectivity index (χ4n) is 2.83. The number of carbonyl (C=O) groups is 2. The minimum atomic E-state index is -0.915. The minimum Gasteiger partial charge on any atom is -0.490 e. The molecule has 0 bridgehead atoms. The Labute approximate surface area is 168 Å². The summed E-state index contributed by atoms with van der Waals surface area (Å²) in [6.45, 7) is 10.2. The average Bonchev–Trinajstić information content (AvgIpc) is 2.68. The van der Waals surface area contributed by atoms with Crippen molar-refractivity contribution in [1.82, 2.24) is 0 Å². The summed E-state index contributed by atoms with van der Waals surface area (Å²) in [7, 11) is 1.32. The molecule has 1 amide bonds. The number of carbonyl (C=O) groups excluding carboxylic acids is 2. The monoisotopic (exact) mass is 393 g/mol. The van der Waals surface area contributed by atoms with Gasteiger partial charge in [0.25, 0.3) is 5.91 Å². The highest BCUT2D eigenvalue weighted by Crippen LogP contribution is 2.27. The summed E-state index contributed by atoms with van der Waals surface area (Å²) < 4.78 is 16.4. The van der Waals surface area contributed by atoms with Crippen molar-refractivity contribution in [2.45, 2.75) is 78.4 Å². The first-order valence-corrected chi connectivity index (χ1v) is 10.2. The summed E-state index contributed by atoms with van der Waals surface area (Å²) in [5.74, 6) is -0.295. The quantitative estimate of drug-likeness (QED) is 0.401. The van der Waals surface area contributed by atoms with E-state index in [0.717, 1.165) is 25.7 Å². The molecule has 0 fully saturated rings. The number of benzene rings is 1. The number of unbranched alkanes of at least 4 members (excludes halogenated alkanes) is 2. The fourth-order valence-corrected chi connectivity index (χ4v) is 2.83. The van der Waals surface area contributed by atoms with Gasteiger partial charge in [-0.15, -0.1) is 0 Å². The standard InChI is InChI=1S/C22H35NO5/c1-7-10-11-14-22(5,27-9-3)21(25)23-17-12-13-19(28-16(4)8-2)18(15-17)20(24)26-6/h12-13,15-16H,7-11,14H2,1-6H3,(H,23,25). The van der Waals surface area contributed by atoms with Crippen LogP contribution in [-0.4, -0.2) is 37.3 Å². The third-order valence-electron chi connectivity index (χ3n) is 4.75. The van der Waals surface area contributed by atoms with Gasteiger partial charge < -0.3 is 19.5 Å². The number of methoxy groups -OCH3 is 1. The van der Waals surface area contributed by atoms with Crippen molar-refractivity contribution in [2.75, 3.05) is 19.0 Å². The van der Waals surface area contributed by atoms with Gasteiger partial charge in [-0.3, -0.25) is 4.79 Å². The van der Waals surface area contributed by atoms with Crippen LogP contribution in [0.25, 0.3) is 0 Å². The Morgan fingerprint density at radius 1 is 1.18 bits per heavy atom. The molecule has 28 heavy (non-hydrogen) atoms. The molecule has 6 nitrogen and oxygen atoms in total. The lowest BCUT2D eigenvalue weighted by molar-refractivity contribution is -0.139. The van der Waals surface area contributed by atoms with E-state index in [9.17, 15) is 9.59 Å². The Morgan fingerprint density at radius 3 is 2.46 bits per heavy atom. The van der Waals surface area contributed by atoms with Gasteiger partial charge in [0.1, 0.15) is 16.9 Å². The number of ether oxygens (including phenoxy) is 3. The Kier molecular flexibility index (Phi) is 10.0. The van der Waals surface area contributed by atoms with Gasteiger partial charge in [0.2, 0.25) is 0 Å². The van der Waals surface area contributed by atoms with Crippen LogP contribution in [0, 0.1) is 0 Å². The number of nitrogens with one attached hydrogen (secondary N) is 1. The maximum absolute atomic E-state index is 12.9. The highest BCUT2D eigenvalue weighted by atomic mass is 16.5. The van der Waals surface area contributed by atoms with Crippen LogP contribution in [0.2, 0.25) is 0 Å². The number of amides is 1.